The molecule has 0 aliphatic heterocycles. The van der Waals surface area contributed by atoms with Gasteiger partial charge in [-0.3, -0.25) is 0 Å². The fourth-order valence-electron chi connectivity index (χ4n) is 0.993. The highest BCUT2D eigenvalue weighted by molar-refractivity contribution is 7.99. The summed E-state index contributed by atoms with van der Waals surface area (Å²) in [5, 5.41) is 8.51. The van der Waals surface area contributed by atoms with Crippen LogP contribution in [-0.2, 0) is 0 Å². The first kappa shape index (κ1) is 11.4. The fourth-order valence-corrected chi connectivity index (χ4v) is 1.71. The first-order valence-electron chi connectivity index (χ1n) is 4.52. The molecule has 4 heteroatoms. The molecule has 0 amide bonds. The van der Waals surface area contributed by atoms with Crippen molar-refractivity contribution < 1.29 is 9.84 Å². The molecule has 0 bridgehead atoms. The first-order valence-corrected chi connectivity index (χ1v) is 5.40. The van der Waals surface area contributed by atoms with E-state index in [0.29, 0.717) is 6.61 Å². The molecule has 3 nitrogen and oxygen atoms in total. The maximum atomic E-state index is 8.76. The predicted molar refractivity (Wildman–Crippen MR) is 58.5 cm³/mol. The van der Waals surface area contributed by atoms with Gasteiger partial charge >= 0.3 is 0 Å². The summed E-state index contributed by atoms with van der Waals surface area (Å²) < 4.78 is 5.30. The van der Waals surface area contributed by atoms with Crippen molar-refractivity contribution in [2.24, 2.45) is 5.73 Å². The van der Waals surface area contributed by atoms with Gasteiger partial charge in [-0.2, -0.15) is 0 Å². The van der Waals surface area contributed by atoms with Crippen LogP contribution in [0.3, 0.4) is 0 Å². The van der Waals surface area contributed by atoms with E-state index >= 15 is 0 Å². The Morgan fingerprint density at radius 1 is 1.43 bits per heavy atom. The monoisotopic (exact) mass is 213 g/mol. The van der Waals surface area contributed by atoms with E-state index in [1.54, 1.807) is 0 Å². The molecule has 1 atom stereocenters. The Morgan fingerprint density at radius 3 is 2.57 bits per heavy atom. The molecule has 3 N–H and O–H groups in total. The largest absolute Gasteiger partial charge is 0.494 e. The zero-order chi connectivity index (χ0) is 10.4. The summed E-state index contributed by atoms with van der Waals surface area (Å²) in [6.07, 6.45) is 0. The summed E-state index contributed by atoms with van der Waals surface area (Å²) in [6, 6.07) is 7.67. The van der Waals surface area contributed by atoms with Crippen molar-refractivity contribution in [2.45, 2.75) is 17.2 Å². The number of rotatable bonds is 5. The van der Waals surface area contributed by atoms with Crippen molar-refractivity contribution >= 4 is 11.8 Å². The summed E-state index contributed by atoms with van der Waals surface area (Å²) >= 11 is 1.44. The Hall–Kier alpha value is -0.710. The molecule has 78 valence electrons. The fraction of sp³-hybridized carbons (Fsp3) is 0.400. The van der Waals surface area contributed by atoms with E-state index < -0.39 is 0 Å². The highest BCUT2D eigenvalue weighted by Gasteiger charge is 2.02. The van der Waals surface area contributed by atoms with Crippen molar-refractivity contribution in [3.63, 3.8) is 0 Å². The summed E-state index contributed by atoms with van der Waals surface area (Å²) in [5.74, 6) is 0.856. The third kappa shape index (κ3) is 3.57. The minimum atomic E-state index is -0.257. The predicted octanol–water partition coefficient (Wildman–Crippen LogP) is 1.45. The topological polar surface area (TPSA) is 55.5 Å². The van der Waals surface area contributed by atoms with Crippen LogP contribution in [0.4, 0.5) is 0 Å². The van der Waals surface area contributed by atoms with Gasteiger partial charge in [-0.05, 0) is 31.2 Å². The Labute approximate surface area is 88.3 Å². The molecule has 0 spiro atoms. The molecule has 0 saturated heterocycles. The molecule has 1 unspecified atom stereocenters. The normalized spacial score (nSPS) is 12.5. The molecule has 0 fully saturated rings. The molecule has 14 heavy (non-hydrogen) atoms. The Bertz CT molecular complexity index is 263. The molecule has 0 aromatic heterocycles. The lowest BCUT2D eigenvalue weighted by molar-refractivity contribution is 0.296. The van der Waals surface area contributed by atoms with E-state index in [4.69, 9.17) is 15.6 Å². The lowest BCUT2D eigenvalue weighted by Crippen LogP contribution is -2.19. The SMILES string of the molecule is CCOc1ccc(SC(N)CO)cc1. The van der Waals surface area contributed by atoms with Gasteiger partial charge in [0.15, 0.2) is 0 Å². The molecule has 0 radical (unpaired) electrons. The number of ether oxygens (including phenoxy) is 1. The quantitative estimate of drug-likeness (QED) is 0.574. The Morgan fingerprint density at radius 2 is 2.07 bits per heavy atom. The van der Waals surface area contributed by atoms with E-state index in [2.05, 4.69) is 0 Å². The van der Waals surface area contributed by atoms with E-state index in [1.807, 2.05) is 31.2 Å². The molecule has 1 rings (SSSR count). The van der Waals surface area contributed by atoms with Crippen molar-refractivity contribution in [1.29, 1.82) is 0 Å². The Balaban J connectivity index is 2.54. The van der Waals surface area contributed by atoms with E-state index in [0.717, 1.165) is 10.6 Å². The zero-order valence-electron chi connectivity index (χ0n) is 8.14. The number of nitrogens with two attached hydrogens (primary N) is 1. The summed E-state index contributed by atoms with van der Waals surface area (Å²) in [4.78, 5) is 1.04. The van der Waals surface area contributed by atoms with Crippen molar-refractivity contribution in [3.05, 3.63) is 24.3 Å². The van der Waals surface area contributed by atoms with Crippen molar-refractivity contribution in [1.82, 2.24) is 0 Å². The average molecular weight is 213 g/mol. The van der Waals surface area contributed by atoms with Gasteiger partial charge in [-0.15, -0.1) is 11.8 Å². The molecule has 0 saturated carbocycles. The van der Waals surface area contributed by atoms with Gasteiger partial charge in [0.25, 0.3) is 0 Å². The summed E-state index contributed by atoms with van der Waals surface area (Å²) in [5.41, 5.74) is 5.58. The van der Waals surface area contributed by atoms with Crippen LogP contribution < -0.4 is 10.5 Å². The van der Waals surface area contributed by atoms with E-state index in [1.165, 1.54) is 11.8 Å². The molecular weight excluding hydrogens is 198 g/mol. The highest BCUT2D eigenvalue weighted by Crippen LogP contribution is 2.23. The lowest BCUT2D eigenvalue weighted by Gasteiger charge is -2.08. The molecule has 1 aromatic rings. The second-order valence-electron chi connectivity index (χ2n) is 2.74. The van der Waals surface area contributed by atoms with Crippen LogP contribution in [0.15, 0.2) is 29.2 Å². The number of benzene rings is 1. The number of thioether (sulfide) groups is 1. The molecule has 0 aliphatic rings. The third-order valence-corrected chi connectivity index (χ3v) is 2.60. The molecular formula is C10H15NO2S. The van der Waals surface area contributed by atoms with Crippen LogP contribution in [0.25, 0.3) is 0 Å². The standard InChI is InChI=1S/C10H15NO2S/c1-2-13-8-3-5-9(6-4-8)14-10(11)7-12/h3-6,10,12H,2,7,11H2,1H3. The lowest BCUT2D eigenvalue weighted by atomic mass is 10.3. The van der Waals surface area contributed by atoms with Gasteiger partial charge in [-0.25, -0.2) is 0 Å². The highest BCUT2D eigenvalue weighted by atomic mass is 32.2. The smallest absolute Gasteiger partial charge is 0.119 e. The maximum absolute atomic E-state index is 8.76. The van der Waals surface area contributed by atoms with Crippen LogP contribution >= 0.6 is 11.8 Å². The number of aliphatic hydroxyl groups is 1. The van der Waals surface area contributed by atoms with Crippen LogP contribution in [0, 0.1) is 0 Å². The maximum Gasteiger partial charge on any atom is 0.119 e. The number of hydrogen-bond donors (Lipinski definition) is 2. The second-order valence-corrected chi connectivity index (χ2v) is 4.06. The molecule has 1 aromatic carbocycles. The van der Waals surface area contributed by atoms with Gasteiger partial charge in [0, 0.05) is 4.90 Å². The average Bonchev–Trinajstić information content (AvgIpc) is 2.21. The number of hydrogen-bond acceptors (Lipinski definition) is 4. The zero-order valence-corrected chi connectivity index (χ0v) is 8.96. The van der Waals surface area contributed by atoms with Gasteiger partial charge in [-0.1, -0.05) is 0 Å². The van der Waals surface area contributed by atoms with E-state index in [-0.39, 0.29) is 12.0 Å². The number of aliphatic hydroxyl groups excluding tert-OH is 1. The van der Waals surface area contributed by atoms with E-state index in [9.17, 15) is 0 Å². The van der Waals surface area contributed by atoms with Crippen molar-refractivity contribution in [3.8, 4) is 5.75 Å². The summed E-state index contributed by atoms with van der Waals surface area (Å²) in [7, 11) is 0. The van der Waals surface area contributed by atoms with Crippen LogP contribution in [0.5, 0.6) is 5.75 Å². The van der Waals surface area contributed by atoms with Gasteiger partial charge < -0.3 is 15.6 Å². The van der Waals surface area contributed by atoms with Gasteiger partial charge in [0.1, 0.15) is 5.75 Å². The second kappa shape index (κ2) is 5.90. The van der Waals surface area contributed by atoms with Crippen LogP contribution in [0.2, 0.25) is 0 Å². The minimum absolute atomic E-state index is 0.0160. The third-order valence-electron chi connectivity index (χ3n) is 1.60. The Kier molecular flexibility index (Phi) is 4.79. The van der Waals surface area contributed by atoms with Crippen LogP contribution in [0.1, 0.15) is 6.92 Å². The van der Waals surface area contributed by atoms with Crippen molar-refractivity contribution in [2.75, 3.05) is 13.2 Å². The van der Waals surface area contributed by atoms with Gasteiger partial charge in [0.05, 0.1) is 18.6 Å². The summed E-state index contributed by atoms with van der Waals surface area (Å²) in [6.45, 7) is 2.60. The van der Waals surface area contributed by atoms with Crippen LogP contribution in [-0.4, -0.2) is 23.7 Å². The molecule has 0 aliphatic carbocycles. The van der Waals surface area contributed by atoms with Gasteiger partial charge in [0.2, 0.25) is 0 Å². The first-order chi connectivity index (χ1) is 6.76. The molecule has 0 heterocycles. The minimum Gasteiger partial charge on any atom is -0.494 e.